The van der Waals surface area contributed by atoms with E-state index in [1.165, 1.54) is 6.07 Å². The Kier molecular flexibility index (Phi) is 6.44. The lowest BCUT2D eigenvalue weighted by atomic mass is 10.2. The summed E-state index contributed by atoms with van der Waals surface area (Å²) < 4.78 is 44.8. The minimum Gasteiger partial charge on any atom is -0.492 e. The molecule has 31 heavy (non-hydrogen) atoms. The zero-order valence-corrected chi connectivity index (χ0v) is 16.7. The number of aromatic nitrogens is 2. The van der Waals surface area contributed by atoms with E-state index in [1.54, 1.807) is 31.2 Å². The molecule has 0 fully saturated rings. The number of hydrogen-bond acceptors (Lipinski definition) is 7. The van der Waals surface area contributed by atoms with Gasteiger partial charge in [0.2, 0.25) is 11.6 Å². The van der Waals surface area contributed by atoms with Crippen LogP contribution in [0.1, 0.15) is 12.5 Å². The van der Waals surface area contributed by atoms with E-state index < -0.39 is 27.4 Å². The third-order valence-electron chi connectivity index (χ3n) is 3.98. The highest BCUT2D eigenvalue weighted by Gasteiger charge is 2.33. The zero-order valence-electron chi connectivity index (χ0n) is 15.9. The molecule has 0 aliphatic rings. The summed E-state index contributed by atoms with van der Waals surface area (Å²) in [5, 5.41) is 16.6. The number of para-hydroxylation sites is 2. The van der Waals surface area contributed by atoms with E-state index in [-0.39, 0.29) is 17.3 Å². The van der Waals surface area contributed by atoms with Crippen LogP contribution in [-0.4, -0.2) is 21.5 Å². The lowest BCUT2D eigenvalue weighted by molar-refractivity contribution is -0.383. The number of benzene rings is 2. The van der Waals surface area contributed by atoms with E-state index in [0.717, 1.165) is 18.5 Å². The van der Waals surface area contributed by atoms with Gasteiger partial charge in [-0.3, -0.25) is 10.1 Å². The summed E-state index contributed by atoms with van der Waals surface area (Å²) in [7, 11) is 0. The molecule has 12 heteroatoms. The second kappa shape index (κ2) is 9.04. The van der Waals surface area contributed by atoms with Gasteiger partial charge in [-0.1, -0.05) is 23.7 Å². The van der Waals surface area contributed by atoms with Crippen molar-refractivity contribution in [3.8, 4) is 5.75 Å². The Labute approximate surface area is 179 Å². The average Bonchev–Trinajstić information content (AvgIpc) is 2.70. The number of rotatable bonds is 7. The van der Waals surface area contributed by atoms with Crippen LogP contribution < -0.4 is 15.4 Å². The molecule has 0 bridgehead atoms. The van der Waals surface area contributed by atoms with Crippen LogP contribution in [0.15, 0.2) is 48.8 Å². The van der Waals surface area contributed by atoms with Crippen LogP contribution in [0.3, 0.4) is 0 Å². The first-order valence-electron chi connectivity index (χ1n) is 8.82. The maximum Gasteiger partial charge on any atom is 0.417 e. The molecule has 3 rings (SSSR count). The number of anilines is 4. The molecule has 0 aliphatic heterocycles. The summed E-state index contributed by atoms with van der Waals surface area (Å²) in [4.78, 5) is 18.7. The Morgan fingerprint density at radius 3 is 2.45 bits per heavy atom. The molecule has 2 N–H and O–H groups in total. The van der Waals surface area contributed by atoms with Crippen LogP contribution in [0.5, 0.6) is 5.75 Å². The van der Waals surface area contributed by atoms with Gasteiger partial charge < -0.3 is 15.4 Å². The van der Waals surface area contributed by atoms with Gasteiger partial charge in [-0.15, -0.1) is 0 Å². The van der Waals surface area contributed by atoms with Crippen molar-refractivity contribution in [2.24, 2.45) is 0 Å². The van der Waals surface area contributed by atoms with Crippen molar-refractivity contribution in [2.45, 2.75) is 13.1 Å². The summed E-state index contributed by atoms with van der Waals surface area (Å²) in [5.41, 5.74) is -1.31. The Morgan fingerprint density at radius 2 is 1.81 bits per heavy atom. The van der Waals surface area contributed by atoms with Crippen molar-refractivity contribution in [2.75, 3.05) is 17.2 Å². The van der Waals surface area contributed by atoms with Gasteiger partial charge in [-0.05, 0) is 37.3 Å². The first-order chi connectivity index (χ1) is 14.7. The lowest BCUT2D eigenvalue weighted by Gasteiger charge is -2.14. The second-order valence-electron chi connectivity index (χ2n) is 6.05. The van der Waals surface area contributed by atoms with Crippen molar-refractivity contribution >= 4 is 40.3 Å². The molecule has 0 atom stereocenters. The van der Waals surface area contributed by atoms with Gasteiger partial charge in [0.1, 0.15) is 12.1 Å². The minimum atomic E-state index is -4.69. The first kappa shape index (κ1) is 22.1. The number of nitrogens with one attached hydrogen (secondary N) is 2. The molecule has 0 spiro atoms. The normalized spacial score (nSPS) is 11.1. The molecular formula is C19H15ClF3N5O3. The quantitative estimate of drug-likeness (QED) is 0.337. The lowest BCUT2D eigenvalue weighted by Crippen LogP contribution is -2.08. The van der Waals surface area contributed by atoms with Gasteiger partial charge in [-0.25, -0.2) is 9.97 Å². The molecule has 0 aliphatic carbocycles. The maximum absolute atomic E-state index is 13.1. The fourth-order valence-corrected chi connectivity index (χ4v) is 2.90. The molecule has 0 saturated carbocycles. The largest absolute Gasteiger partial charge is 0.492 e. The van der Waals surface area contributed by atoms with E-state index in [4.69, 9.17) is 16.3 Å². The van der Waals surface area contributed by atoms with Crippen LogP contribution >= 0.6 is 11.6 Å². The highest BCUT2D eigenvalue weighted by molar-refractivity contribution is 6.31. The number of alkyl halides is 3. The summed E-state index contributed by atoms with van der Waals surface area (Å²) in [6.45, 7) is 2.16. The fraction of sp³-hybridized carbons (Fsp3) is 0.158. The van der Waals surface area contributed by atoms with Crippen molar-refractivity contribution in [3.05, 3.63) is 69.5 Å². The SMILES string of the molecule is CCOc1ccccc1Nc1ncnc(Nc2ccc(Cl)c(C(F)(F)F)c2)c1[N+](=O)[O-]. The van der Waals surface area contributed by atoms with Crippen molar-refractivity contribution in [1.29, 1.82) is 0 Å². The zero-order chi connectivity index (χ0) is 22.6. The van der Waals surface area contributed by atoms with Gasteiger partial charge in [0.05, 0.1) is 27.8 Å². The van der Waals surface area contributed by atoms with Gasteiger partial charge in [-0.2, -0.15) is 13.2 Å². The predicted octanol–water partition coefficient (Wildman–Crippen LogP) is 5.94. The topological polar surface area (TPSA) is 102 Å². The van der Waals surface area contributed by atoms with Gasteiger partial charge in [0, 0.05) is 5.69 Å². The van der Waals surface area contributed by atoms with Crippen LogP contribution in [0.4, 0.5) is 41.9 Å². The van der Waals surface area contributed by atoms with Gasteiger partial charge in [0.25, 0.3) is 0 Å². The number of nitrogens with zero attached hydrogens (tertiary/aromatic N) is 3. The second-order valence-corrected chi connectivity index (χ2v) is 6.46. The molecule has 0 saturated heterocycles. The highest BCUT2D eigenvalue weighted by Crippen LogP contribution is 2.39. The Balaban J connectivity index is 2.00. The van der Waals surface area contributed by atoms with Crippen LogP contribution in [0.2, 0.25) is 5.02 Å². The third-order valence-corrected chi connectivity index (χ3v) is 4.31. The van der Waals surface area contributed by atoms with Crippen molar-refractivity contribution in [3.63, 3.8) is 0 Å². The van der Waals surface area contributed by atoms with E-state index in [9.17, 15) is 23.3 Å². The molecular weight excluding hydrogens is 439 g/mol. The van der Waals surface area contributed by atoms with E-state index >= 15 is 0 Å². The Bertz CT molecular complexity index is 1110. The van der Waals surface area contributed by atoms with Crippen LogP contribution in [0, 0.1) is 10.1 Å². The predicted molar refractivity (Wildman–Crippen MR) is 109 cm³/mol. The third kappa shape index (κ3) is 5.12. The molecule has 2 aromatic carbocycles. The smallest absolute Gasteiger partial charge is 0.417 e. The Hall–Kier alpha value is -3.60. The maximum atomic E-state index is 13.1. The fourth-order valence-electron chi connectivity index (χ4n) is 2.67. The summed E-state index contributed by atoms with van der Waals surface area (Å²) >= 11 is 5.62. The summed E-state index contributed by atoms with van der Waals surface area (Å²) in [6, 6.07) is 9.77. The van der Waals surface area contributed by atoms with Crippen LogP contribution in [0.25, 0.3) is 0 Å². The molecule has 8 nitrogen and oxygen atoms in total. The Morgan fingerprint density at radius 1 is 1.13 bits per heavy atom. The number of hydrogen-bond donors (Lipinski definition) is 2. The number of ether oxygens (including phenoxy) is 1. The molecule has 0 radical (unpaired) electrons. The number of halogens is 4. The molecule has 1 heterocycles. The highest BCUT2D eigenvalue weighted by atomic mass is 35.5. The van der Waals surface area contributed by atoms with E-state index in [0.29, 0.717) is 18.0 Å². The minimum absolute atomic E-state index is 0.0841. The average molecular weight is 454 g/mol. The monoisotopic (exact) mass is 453 g/mol. The summed E-state index contributed by atoms with van der Waals surface area (Å²) in [6.07, 6.45) is -3.65. The van der Waals surface area contributed by atoms with Crippen LogP contribution in [-0.2, 0) is 6.18 Å². The van der Waals surface area contributed by atoms with E-state index in [1.807, 2.05) is 0 Å². The molecule has 3 aromatic rings. The number of nitro groups is 1. The van der Waals surface area contributed by atoms with E-state index in [2.05, 4.69) is 20.6 Å². The van der Waals surface area contributed by atoms with Crippen molar-refractivity contribution < 1.29 is 22.8 Å². The standard InChI is InChI=1S/C19H15ClF3N5O3/c1-2-31-15-6-4-3-5-14(15)27-18-16(28(29)30)17(24-10-25-18)26-11-7-8-13(20)12(9-11)19(21,22)23/h3-10H,2H2,1H3,(H2,24,25,26,27). The molecule has 0 amide bonds. The molecule has 162 valence electrons. The first-order valence-corrected chi connectivity index (χ1v) is 9.20. The van der Waals surface area contributed by atoms with Gasteiger partial charge >= 0.3 is 11.9 Å². The summed E-state index contributed by atoms with van der Waals surface area (Å²) in [5.74, 6) is -0.0218. The molecule has 1 aromatic heterocycles. The van der Waals surface area contributed by atoms with Crippen molar-refractivity contribution in [1.82, 2.24) is 9.97 Å². The van der Waals surface area contributed by atoms with Gasteiger partial charge in [0.15, 0.2) is 0 Å². The molecule has 0 unspecified atom stereocenters.